The SMILES string of the molecule is COC(CN)CC(=O)N(C(C)C)C1CCC1.Cl. The van der Waals surface area contributed by atoms with Gasteiger partial charge < -0.3 is 15.4 Å². The minimum absolute atomic E-state index is 0. The number of hydrogen-bond acceptors (Lipinski definition) is 3. The molecule has 4 nitrogen and oxygen atoms in total. The predicted molar refractivity (Wildman–Crippen MR) is 71.3 cm³/mol. The maximum Gasteiger partial charge on any atom is 0.225 e. The van der Waals surface area contributed by atoms with E-state index in [1.807, 2.05) is 4.90 Å². The van der Waals surface area contributed by atoms with Crippen LogP contribution in [0.5, 0.6) is 0 Å². The topological polar surface area (TPSA) is 55.6 Å². The van der Waals surface area contributed by atoms with E-state index in [0.29, 0.717) is 19.0 Å². The van der Waals surface area contributed by atoms with Gasteiger partial charge in [0.15, 0.2) is 0 Å². The second kappa shape index (κ2) is 7.90. The van der Waals surface area contributed by atoms with Crippen molar-refractivity contribution < 1.29 is 9.53 Å². The van der Waals surface area contributed by atoms with Crippen LogP contribution in [0.4, 0.5) is 0 Å². The van der Waals surface area contributed by atoms with Gasteiger partial charge in [0.05, 0.1) is 12.5 Å². The third-order valence-electron chi connectivity index (χ3n) is 3.31. The van der Waals surface area contributed by atoms with E-state index < -0.39 is 0 Å². The van der Waals surface area contributed by atoms with Crippen LogP contribution in [-0.2, 0) is 9.53 Å². The molecule has 0 aromatic rings. The second-order valence-electron chi connectivity index (χ2n) is 4.78. The summed E-state index contributed by atoms with van der Waals surface area (Å²) >= 11 is 0. The van der Waals surface area contributed by atoms with Crippen molar-refractivity contribution >= 4 is 18.3 Å². The summed E-state index contributed by atoms with van der Waals surface area (Å²) in [5.74, 6) is 0.178. The Labute approximate surface area is 110 Å². The molecule has 1 aliphatic rings. The highest BCUT2D eigenvalue weighted by Crippen LogP contribution is 2.27. The molecule has 2 N–H and O–H groups in total. The zero-order valence-electron chi connectivity index (χ0n) is 11.0. The molecular formula is C12H25ClN2O2. The highest BCUT2D eigenvalue weighted by molar-refractivity contribution is 5.85. The Balaban J connectivity index is 0.00000256. The van der Waals surface area contributed by atoms with Crippen LogP contribution in [0.2, 0.25) is 0 Å². The van der Waals surface area contributed by atoms with Gasteiger partial charge in [0.1, 0.15) is 0 Å². The number of hydrogen-bond donors (Lipinski definition) is 1. The number of nitrogens with two attached hydrogens (primary N) is 1. The van der Waals surface area contributed by atoms with Crippen molar-refractivity contribution in [1.29, 1.82) is 0 Å². The third-order valence-corrected chi connectivity index (χ3v) is 3.31. The van der Waals surface area contributed by atoms with Gasteiger partial charge in [-0.05, 0) is 33.1 Å². The van der Waals surface area contributed by atoms with Gasteiger partial charge in [-0.15, -0.1) is 12.4 Å². The summed E-state index contributed by atoms with van der Waals surface area (Å²) in [6.07, 6.45) is 3.79. The smallest absolute Gasteiger partial charge is 0.225 e. The molecule has 0 heterocycles. The maximum atomic E-state index is 12.1. The van der Waals surface area contributed by atoms with Crippen molar-refractivity contribution in [2.45, 2.75) is 57.7 Å². The van der Waals surface area contributed by atoms with Gasteiger partial charge in [-0.3, -0.25) is 4.79 Å². The van der Waals surface area contributed by atoms with E-state index in [0.717, 1.165) is 12.8 Å². The van der Waals surface area contributed by atoms with Gasteiger partial charge in [-0.1, -0.05) is 0 Å². The molecule has 0 saturated heterocycles. The largest absolute Gasteiger partial charge is 0.380 e. The van der Waals surface area contributed by atoms with Crippen LogP contribution in [0, 0.1) is 0 Å². The summed E-state index contributed by atoms with van der Waals surface area (Å²) in [5, 5.41) is 0. The molecule has 1 saturated carbocycles. The Morgan fingerprint density at radius 1 is 1.47 bits per heavy atom. The van der Waals surface area contributed by atoms with E-state index >= 15 is 0 Å². The van der Waals surface area contributed by atoms with Gasteiger partial charge >= 0.3 is 0 Å². The van der Waals surface area contributed by atoms with Crippen LogP contribution in [-0.4, -0.2) is 42.6 Å². The lowest BCUT2D eigenvalue weighted by Crippen LogP contribution is -2.49. The molecule has 0 bridgehead atoms. The molecule has 0 aromatic heterocycles. The standard InChI is InChI=1S/C12H24N2O2.ClH/c1-9(2)14(10-5-4-6-10)12(15)7-11(8-13)16-3;/h9-11H,4-8,13H2,1-3H3;1H. The van der Waals surface area contributed by atoms with Crippen molar-refractivity contribution in [3.8, 4) is 0 Å². The number of methoxy groups -OCH3 is 1. The number of carbonyl (C=O) groups is 1. The zero-order valence-corrected chi connectivity index (χ0v) is 11.8. The average Bonchev–Trinajstić information content (AvgIpc) is 2.18. The quantitative estimate of drug-likeness (QED) is 0.792. The molecule has 0 aliphatic heterocycles. The van der Waals surface area contributed by atoms with E-state index in [4.69, 9.17) is 10.5 Å². The predicted octanol–water partition coefficient (Wildman–Crippen LogP) is 1.56. The van der Waals surface area contributed by atoms with Crippen molar-refractivity contribution in [3.63, 3.8) is 0 Å². The van der Waals surface area contributed by atoms with Gasteiger partial charge in [0, 0.05) is 25.7 Å². The van der Waals surface area contributed by atoms with Crippen LogP contribution in [0.25, 0.3) is 0 Å². The van der Waals surface area contributed by atoms with Gasteiger partial charge in [-0.2, -0.15) is 0 Å². The van der Waals surface area contributed by atoms with Crippen molar-refractivity contribution in [1.82, 2.24) is 4.90 Å². The molecule has 1 rings (SSSR count). The average molecular weight is 265 g/mol. The summed E-state index contributed by atoms with van der Waals surface area (Å²) in [5.41, 5.74) is 5.53. The normalized spacial score (nSPS) is 17.2. The molecule has 1 aliphatic carbocycles. The molecule has 1 fully saturated rings. The van der Waals surface area contributed by atoms with E-state index in [9.17, 15) is 4.79 Å². The molecule has 17 heavy (non-hydrogen) atoms. The number of rotatable bonds is 6. The number of carbonyl (C=O) groups excluding carboxylic acids is 1. The Kier molecular flexibility index (Phi) is 7.75. The fourth-order valence-electron chi connectivity index (χ4n) is 2.14. The fraction of sp³-hybridized carbons (Fsp3) is 0.917. The highest BCUT2D eigenvalue weighted by atomic mass is 35.5. The molecule has 0 radical (unpaired) electrons. The molecule has 1 atom stereocenters. The Morgan fingerprint density at radius 3 is 2.35 bits per heavy atom. The van der Waals surface area contributed by atoms with E-state index in [2.05, 4.69) is 13.8 Å². The maximum absolute atomic E-state index is 12.1. The summed E-state index contributed by atoms with van der Waals surface area (Å²) in [7, 11) is 1.61. The Bertz CT molecular complexity index is 229. The summed E-state index contributed by atoms with van der Waals surface area (Å²) in [6.45, 7) is 4.54. The molecule has 102 valence electrons. The Hall–Kier alpha value is -0.320. The minimum Gasteiger partial charge on any atom is -0.380 e. The van der Waals surface area contributed by atoms with E-state index in [1.165, 1.54) is 6.42 Å². The molecule has 1 amide bonds. The first kappa shape index (κ1) is 16.7. The van der Waals surface area contributed by atoms with Crippen LogP contribution in [0.3, 0.4) is 0 Å². The number of halogens is 1. The van der Waals surface area contributed by atoms with Crippen molar-refractivity contribution in [3.05, 3.63) is 0 Å². The summed E-state index contributed by atoms with van der Waals surface area (Å²) in [6, 6.07) is 0.718. The molecular weight excluding hydrogens is 240 g/mol. The summed E-state index contributed by atoms with van der Waals surface area (Å²) in [4.78, 5) is 14.1. The first-order valence-electron chi connectivity index (χ1n) is 6.14. The van der Waals surface area contributed by atoms with Crippen LogP contribution < -0.4 is 5.73 Å². The fourth-order valence-corrected chi connectivity index (χ4v) is 2.14. The lowest BCUT2D eigenvalue weighted by molar-refractivity contribution is -0.139. The first-order chi connectivity index (χ1) is 7.60. The van der Waals surface area contributed by atoms with Gasteiger partial charge in [-0.25, -0.2) is 0 Å². The van der Waals surface area contributed by atoms with Gasteiger partial charge in [0.2, 0.25) is 5.91 Å². The molecule has 1 unspecified atom stereocenters. The lowest BCUT2D eigenvalue weighted by Gasteiger charge is -2.40. The molecule has 0 aromatic carbocycles. The van der Waals surface area contributed by atoms with E-state index in [1.54, 1.807) is 7.11 Å². The second-order valence-corrected chi connectivity index (χ2v) is 4.78. The van der Waals surface area contributed by atoms with Crippen LogP contribution >= 0.6 is 12.4 Å². The van der Waals surface area contributed by atoms with Crippen LogP contribution in [0.1, 0.15) is 39.5 Å². The van der Waals surface area contributed by atoms with Crippen molar-refractivity contribution in [2.24, 2.45) is 5.73 Å². The minimum atomic E-state index is -0.145. The zero-order chi connectivity index (χ0) is 12.1. The first-order valence-corrected chi connectivity index (χ1v) is 6.14. The molecule has 0 spiro atoms. The lowest BCUT2D eigenvalue weighted by atomic mass is 9.90. The van der Waals surface area contributed by atoms with Gasteiger partial charge in [0.25, 0.3) is 0 Å². The number of nitrogens with zero attached hydrogens (tertiary/aromatic N) is 1. The Morgan fingerprint density at radius 2 is 2.06 bits per heavy atom. The van der Waals surface area contributed by atoms with E-state index in [-0.39, 0.29) is 30.5 Å². The number of amides is 1. The summed E-state index contributed by atoms with van der Waals surface area (Å²) < 4.78 is 5.16. The van der Waals surface area contributed by atoms with Crippen LogP contribution in [0.15, 0.2) is 0 Å². The molecule has 5 heteroatoms. The number of ether oxygens (including phenoxy) is 1. The highest BCUT2D eigenvalue weighted by Gasteiger charge is 2.31. The third kappa shape index (κ3) is 4.45. The van der Waals surface area contributed by atoms with Crippen molar-refractivity contribution in [2.75, 3.05) is 13.7 Å². The monoisotopic (exact) mass is 264 g/mol.